The largest absolute Gasteiger partial charge is 0.383 e. The van der Waals surface area contributed by atoms with Crippen molar-refractivity contribution in [3.63, 3.8) is 0 Å². The number of aromatic nitrogens is 1. The van der Waals surface area contributed by atoms with Crippen LogP contribution in [0, 0.1) is 38.5 Å². The molecule has 8 heteroatoms. The minimum atomic E-state index is -0.183. The van der Waals surface area contributed by atoms with Crippen LogP contribution in [0.2, 0.25) is 0 Å². The summed E-state index contributed by atoms with van der Waals surface area (Å²) in [5, 5.41) is 3.06. The van der Waals surface area contributed by atoms with Gasteiger partial charge in [0.25, 0.3) is 11.5 Å². The first-order chi connectivity index (χ1) is 23.0. The summed E-state index contributed by atoms with van der Waals surface area (Å²) >= 11 is 0. The first-order valence-corrected chi connectivity index (χ1v) is 18.3. The van der Waals surface area contributed by atoms with E-state index in [1.165, 1.54) is 12.8 Å². The second-order valence-electron chi connectivity index (χ2n) is 13.9. The van der Waals surface area contributed by atoms with Gasteiger partial charge in [0.2, 0.25) is 0 Å². The number of methoxy groups -OCH3 is 1. The molecule has 1 unspecified atom stereocenters. The second kappa shape index (κ2) is 19.8. The molecular weight excluding hydrogens is 598 g/mol. The number of carbonyl (C=O) groups is 1. The lowest BCUT2D eigenvalue weighted by Crippen LogP contribution is -2.44. The predicted molar refractivity (Wildman–Crippen MR) is 200 cm³/mol. The predicted octanol–water partition coefficient (Wildman–Crippen LogP) is 6.45. The van der Waals surface area contributed by atoms with E-state index in [0.717, 1.165) is 93.0 Å². The average Bonchev–Trinajstić information content (AvgIpc) is 3.07. The van der Waals surface area contributed by atoms with Crippen LogP contribution in [0.4, 0.5) is 5.69 Å². The summed E-state index contributed by atoms with van der Waals surface area (Å²) in [7, 11) is 3.97. The number of aryl methyl sites for hydroxylation is 2. The van der Waals surface area contributed by atoms with Crippen molar-refractivity contribution in [1.29, 1.82) is 0 Å². The SMILES string of the molecule is CCCN(CC#Cc1cc(C(=O)NCc2c(C)cc(C)[nH]c2=O)c(C)c(N(CC)C2CCC(N(C)CCOC)CC2)c1)CCC(C)CC. The maximum absolute atomic E-state index is 13.9. The van der Waals surface area contributed by atoms with Crippen LogP contribution >= 0.6 is 0 Å². The van der Waals surface area contributed by atoms with Crippen molar-refractivity contribution >= 4 is 11.6 Å². The normalized spacial score (nSPS) is 16.9. The highest BCUT2D eigenvalue weighted by Crippen LogP contribution is 2.33. The molecule has 2 aromatic rings. The number of nitrogens with one attached hydrogen (secondary N) is 2. The van der Waals surface area contributed by atoms with Gasteiger partial charge < -0.3 is 24.8 Å². The van der Waals surface area contributed by atoms with Crippen LogP contribution in [0.25, 0.3) is 0 Å². The summed E-state index contributed by atoms with van der Waals surface area (Å²) in [5.41, 5.74) is 5.62. The fourth-order valence-electron chi connectivity index (χ4n) is 6.97. The van der Waals surface area contributed by atoms with Gasteiger partial charge in [-0.05, 0) is 122 Å². The third-order valence-electron chi connectivity index (χ3n) is 10.3. The molecule has 266 valence electrons. The van der Waals surface area contributed by atoms with Crippen molar-refractivity contribution in [1.82, 2.24) is 20.1 Å². The van der Waals surface area contributed by atoms with Gasteiger partial charge in [-0.15, -0.1) is 0 Å². The number of ether oxygens (including phenoxy) is 1. The number of hydrogen-bond donors (Lipinski definition) is 2. The highest BCUT2D eigenvalue weighted by molar-refractivity contribution is 5.97. The fraction of sp³-hybridized carbons (Fsp3) is 0.650. The fourth-order valence-corrected chi connectivity index (χ4v) is 6.97. The summed E-state index contributed by atoms with van der Waals surface area (Å²) in [6.07, 6.45) is 7.95. The molecule has 48 heavy (non-hydrogen) atoms. The standard InChI is InChI=1S/C40H63N5O3/c1-10-20-44(22-19-29(4)11-2)21-13-14-33-26-36(39(46)41-28-37-30(5)25-31(6)42-40(37)47)32(7)38(27-33)45(12-3)35-17-15-34(16-18-35)43(8)23-24-48-9/h25-27,29,34-35H,10-12,15-24,28H2,1-9H3,(H,41,46)(H,42,47). The van der Waals surface area contributed by atoms with Crippen molar-refractivity contribution in [2.75, 3.05) is 58.4 Å². The van der Waals surface area contributed by atoms with Gasteiger partial charge in [-0.1, -0.05) is 39.0 Å². The van der Waals surface area contributed by atoms with Gasteiger partial charge in [0.15, 0.2) is 0 Å². The Bertz CT molecular complexity index is 1430. The number of rotatable bonds is 17. The van der Waals surface area contributed by atoms with Crippen molar-refractivity contribution in [3.8, 4) is 11.8 Å². The Morgan fingerprint density at radius 3 is 2.38 bits per heavy atom. The van der Waals surface area contributed by atoms with E-state index in [1.54, 1.807) is 7.11 Å². The van der Waals surface area contributed by atoms with E-state index in [1.807, 2.05) is 26.0 Å². The van der Waals surface area contributed by atoms with Gasteiger partial charge in [0.05, 0.1) is 13.2 Å². The van der Waals surface area contributed by atoms with E-state index in [2.05, 4.69) is 84.6 Å². The van der Waals surface area contributed by atoms with Gasteiger partial charge in [0.1, 0.15) is 0 Å². The first kappa shape index (κ1) is 39.3. The van der Waals surface area contributed by atoms with Crippen LogP contribution in [0.15, 0.2) is 23.0 Å². The van der Waals surface area contributed by atoms with Gasteiger partial charge >= 0.3 is 0 Å². The van der Waals surface area contributed by atoms with Gasteiger partial charge in [-0.25, -0.2) is 0 Å². The highest BCUT2D eigenvalue weighted by atomic mass is 16.5. The second-order valence-corrected chi connectivity index (χ2v) is 13.9. The van der Waals surface area contributed by atoms with E-state index < -0.39 is 0 Å². The molecule has 3 rings (SSSR count). The Kier molecular flexibility index (Phi) is 16.2. The number of likely N-dealkylation sites (N-methyl/N-ethyl adjacent to an activating group) is 1. The van der Waals surface area contributed by atoms with Gasteiger partial charge in [0, 0.05) is 66.9 Å². The quantitative estimate of drug-likeness (QED) is 0.190. The van der Waals surface area contributed by atoms with E-state index in [-0.39, 0.29) is 18.0 Å². The zero-order valence-corrected chi connectivity index (χ0v) is 31.4. The van der Waals surface area contributed by atoms with Crippen molar-refractivity contribution in [2.45, 2.75) is 112 Å². The topological polar surface area (TPSA) is 80.9 Å². The molecule has 1 amide bonds. The third-order valence-corrected chi connectivity index (χ3v) is 10.3. The van der Waals surface area contributed by atoms with E-state index in [4.69, 9.17) is 4.74 Å². The number of carbonyl (C=O) groups excluding carboxylic acids is 1. The lowest BCUT2D eigenvalue weighted by Gasteiger charge is -2.41. The van der Waals surface area contributed by atoms with Crippen LogP contribution in [0.1, 0.15) is 111 Å². The van der Waals surface area contributed by atoms with Gasteiger partial charge in [-0.3, -0.25) is 14.5 Å². The number of H-pyrrole nitrogens is 1. The van der Waals surface area contributed by atoms with Crippen LogP contribution in [-0.2, 0) is 11.3 Å². The number of hydrogen-bond acceptors (Lipinski definition) is 6. The molecule has 0 aliphatic heterocycles. The minimum absolute atomic E-state index is 0.157. The Morgan fingerprint density at radius 2 is 1.75 bits per heavy atom. The lowest BCUT2D eigenvalue weighted by atomic mass is 9.88. The average molecular weight is 662 g/mol. The number of pyridine rings is 1. The Hall–Kier alpha value is -3.12. The molecule has 1 aliphatic carbocycles. The summed E-state index contributed by atoms with van der Waals surface area (Å²) < 4.78 is 5.32. The zero-order chi connectivity index (χ0) is 35.2. The third kappa shape index (κ3) is 11.2. The minimum Gasteiger partial charge on any atom is -0.383 e. The number of amides is 1. The molecule has 0 bridgehead atoms. The van der Waals surface area contributed by atoms with Crippen molar-refractivity contribution in [2.24, 2.45) is 5.92 Å². The van der Waals surface area contributed by atoms with Crippen LogP contribution in [0.3, 0.4) is 0 Å². The number of nitrogens with zero attached hydrogens (tertiary/aromatic N) is 3. The van der Waals surface area contributed by atoms with E-state index >= 15 is 0 Å². The number of anilines is 1. The molecule has 1 atom stereocenters. The van der Waals surface area contributed by atoms with Crippen molar-refractivity contribution in [3.05, 3.63) is 62.1 Å². The molecule has 2 N–H and O–H groups in total. The summed E-state index contributed by atoms with van der Waals surface area (Å²) in [4.78, 5) is 36.8. The Balaban J connectivity index is 1.91. The molecule has 1 aliphatic rings. The van der Waals surface area contributed by atoms with Crippen LogP contribution < -0.4 is 15.8 Å². The lowest BCUT2D eigenvalue weighted by molar-refractivity contribution is 0.0950. The Morgan fingerprint density at radius 1 is 1.04 bits per heavy atom. The van der Waals surface area contributed by atoms with Crippen LogP contribution in [0.5, 0.6) is 0 Å². The van der Waals surface area contributed by atoms with Gasteiger partial charge in [-0.2, -0.15) is 0 Å². The summed E-state index contributed by atoms with van der Waals surface area (Å²) in [6, 6.07) is 7.03. The zero-order valence-electron chi connectivity index (χ0n) is 31.4. The molecule has 1 aromatic carbocycles. The molecule has 1 saturated carbocycles. The molecule has 0 saturated heterocycles. The smallest absolute Gasteiger partial charge is 0.253 e. The monoisotopic (exact) mass is 661 g/mol. The van der Waals surface area contributed by atoms with Crippen molar-refractivity contribution < 1.29 is 9.53 Å². The number of benzene rings is 1. The summed E-state index contributed by atoms with van der Waals surface area (Å²) in [6.45, 7) is 20.3. The first-order valence-electron chi connectivity index (χ1n) is 18.3. The molecule has 1 fully saturated rings. The molecule has 1 aromatic heterocycles. The summed E-state index contributed by atoms with van der Waals surface area (Å²) in [5.74, 6) is 7.43. The molecular formula is C40H63N5O3. The number of aromatic amines is 1. The molecule has 0 radical (unpaired) electrons. The highest BCUT2D eigenvalue weighted by Gasteiger charge is 2.29. The maximum Gasteiger partial charge on any atom is 0.253 e. The molecule has 0 spiro atoms. The maximum atomic E-state index is 13.9. The molecule has 1 heterocycles. The van der Waals surface area contributed by atoms with Crippen LogP contribution in [-0.4, -0.2) is 86.3 Å². The Labute approximate surface area is 291 Å². The molecule has 8 nitrogen and oxygen atoms in total. The van der Waals surface area contributed by atoms with E-state index in [9.17, 15) is 9.59 Å². The van der Waals surface area contributed by atoms with E-state index in [0.29, 0.717) is 35.7 Å².